The van der Waals surface area contributed by atoms with Crippen LogP contribution in [0.25, 0.3) is 0 Å². The molecular weight excluding hydrogens is 1860 g/mol. The second-order valence-corrected chi connectivity index (χ2v) is 35.6. The first-order chi connectivity index (χ1) is 66.2. The number of hydrogen-bond acceptors (Lipinski definition) is 28. The average molecular weight is 1980 g/mol. The van der Waals surface area contributed by atoms with E-state index in [-0.39, 0.29) is 113 Å². The van der Waals surface area contributed by atoms with Crippen molar-refractivity contribution in [3.05, 3.63) is 108 Å². The van der Waals surface area contributed by atoms with E-state index in [2.05, 4.69) is 79.1 Å². The highest BCUT2D eigenvalue weighted by atomic mass is 32.2. The van der Waals surface area contributed by atoms with Crippen LogP contribution in [-0.2, 0) is 131 Å². The van der Waals surface area contributed by atoms with Crippen molar-refractivity contribution in [2.45, 2.75) is 246 Å². The number of nitrogens with zero attached hydrogens (tertiary/aromatic N) is 4. The van der Waals surface area contributed by atoms with Gasteiger partial charge in [-0.3, -0.25) is 101 Å². The Morgan fingerprint density at radius 1 is 0.414 bits per heavy atom. The van der Waals surface area contributed by atoms with Crippen LogP contribution in [0, 0.1) is 5.92 Å². The van der Waals surface area contributed by atoms with E-state index in [0.717, 1.165) is 18.7 Å². The van der Waals surface area contributed by atoms with Gasteiger partial charge in [-0.1, -0.05) is 50.2 Å². The Balaban J connectivity index is 1.01. The van der Waals surface area contributed by atoms with Crippen LogP contribution in [0.5, 0.6) is 17.2 Å². The third-order valence-corrected chi connectivity index (χ3v) is 23.7. The summed E-state index contributed by atoms with van der Waals surface area (Å²) in [5, 5.41) is 81.1. The van der Waals surface area contributed by atoms with Crippen molar-refractivity contribution in [1.82, 2.24) is 93.8 Å². The predicted molar refractivity (Wildman–Crippen MR) is 494 cm³/mol. The maximum absolute atomic E-state index is 15.1. The van der Waals surface area contributed by atoms with Crippen LogP contribution in [0.3, 0.4) is 0 Å². The molecule has 3 aliphatic rings. The van der Waals surface area contributed by atoms with Gasteiger partial charge >= 0.3 is 11.9 Å². The van der Waals surface area contributed by atoms with Crippen LogP contribution < -0.4 is 97.8 Å². The minimum Gasteiger partial charge on any atom is -0.508 e. The number of hydrogen-bond donors (Lipinski definition) is 24. The fourth-order valence-corrected chi connectivity index (χ4v) is 16.2. The number of nitrogens with one attached hydrogen (secondary N) is 14. The number of carboxylic acid groups (broad SMARTS) is 2. The van der Waals surface area contributed by atoms with Crippen molar-refractivity contribution in [3.8, 4) is 17.2 Å². The number of thioether (sulfide) groups is 1. The molecule has 51 heteroatoms. The first kappa shape index (κ1) is 112. The molecule has 3 aliphatic heterocycles. The number of aromatic nitrogens is 2. The lowest BCUT2D eigenvalue weighted by molar-refractivity contribution is -0.151. The van der Waals surface area contributed by atoms with Crippen LogP contribution >= 0.6 is 11.8 Å². The van der Waals surface area contributed by atoms with Crippen LogP contribution in [0.1, 0.15) is 146 Å². The monoisotopic (exact) mass is 1980 g/mol. The molecule has 3 saturated heterocycles. The van der Waals surface area contributed by atoms with Crippen LogP contribution in [0.4, 0.5) is 0 Å². The Bertz CT molecular complexity index is 5130. The normalized spacial score (nSPS) is 17.2. The number of benzene rings is 3. The number of nitrogens with two attached hydrogens (primary N) is 5. The van der Waals surface area contributed by atoms with Gasteiger partial charge in [0.2, 0.25) is 118 Å². The molecule has 50 nitrogen and oxygen atoms in total. The second kappa shape index (κ2) is 54.2. The van der Waals surface area contributed by atoms with Crippen molar-refractivity contribution >= 4 is 142 Å². The minimum atomic E-state index is -2.01. The summed E-state index contributed by atoms with van der Waals surface area (Å²) < 4.78 is 0. The lowest BCUT2D eigenvalue weighted by atomic mass is 10.00. The zero-order chi connectivity index (χ0) is 103. The van der Waals surface area contributed by atoms with Gasteiger partial charge in [0.15, 0.2) is 0 Å². The maximum atomic E-state index is 15.1. The number of rotatable bonds is 55. The largest absolute Gasteiger partial charge is 0.508 e. The molecule has 3 aromatic carbocycles. The molecule has 0 saturated carbocycles. The topological polar surface area (TPSA) is 802 Å². The molecular formula is C89H123N23O27S. The quantitative estimate of drug-likeness (QED) is 0.0195. The summed E-state index contributed by atoms with van der Waals surface area (Å²) in [7, 11) is 0. The minimum absolute atomic E-state index is 0.0124. The van der Waals surface area contributed by atoms with Gasteiger partial charge in [-0.05, 0) is 155 Å². The molecule has 0 spiro atoms. The number of aromatic amines is 1. The van der Waals surface area contributed by atoms with Crippen LogP contribution in [0.15, 0.2) is 85.3 Å². The highest BCUT2D eigenvalue weighted by Gasteiger charge is 2.48. The number of H-pyrrole nitrogens is 1. The molecule has 0 bridgehead atoms. The zero-order valence-corrected chi connectivity index (χ0v) is 78.5. The van der Waals surface area contributed by atoms with E-state index in [1.54, 1.807) is 32.2 Å². The molecule has 762 valence electrons. The molecule has 7 rings (SSSR count). The van der Waals surface area contributed by atoms with E-state index in [9.17, 15) is 117 Å². The maximum Gasteiger partial charge on any atom is 0.326 e. The van der Waals surface area contributed by atoms with Gasteiger partial charge in [0.25, 0.3) is 0 Å². The summed E-state index contributed by atoms with van der Waals surface area (Å²) >= 11 is 1.34. The van der Waals surface area contributed by atoms with Crippen LogP contribution in [-0.4, -0.2) is 315 Å². The molecule has 0 unspecified atom stereocenters. The summed E-state index contributed by atoms with van der Waals surface area (Å²) in [4.78, 5) is 311. The SMILES string of the molecule is CSCC[C@H](NC(=O)[C@@H](N)Cc1ccc(O)cc1)C(=O)N[C@@H](CCC(N)=O)C(=O)N[C@@H](Cc1ccc(O)cc1)C(=O)N[C@@H](CC(C)C)C(=O)N[C@@H](CC(N)=O)C(=O)N1CCC[C@H]1C(=O)N1CCC[C@H]1C(=O)N1CCC[C@H]1C(=O)N[C@@H](Cc1ccc(O)cc1)C(=O)N[C@@H](C)C(=O)N[C@@H](CC(=O)O)C(=O)N[C@@H](Cc1cnc[nH]1)C(=O)NCC(=O)N[C@@H](C)C(=O)N[C@@H](CC(N)=O)C(=O)N[C@@H](CCC(N)=O)C(=O)O. The first-order valence-corrected chi connectivity index (χ1v) is 46.5. The fraction of sp³-hybridized carbons (Fsp3) is 0.517. The number of aromatic hydroxyl groups is 3. The Labute approximate surface area is 807 Å². The second-order valence-electron chi connectivity index (χ2n) is 34.6. The van der Waals surface area contributed by atoms with E-state index in [1.165, 1.54) is 94.7 Å². The van der Waals surface area contributed by atoms with Crippen molar-refractivity contribution in [2.24, 2.45) is 34.6 Å². The van der Waals surface area contributed by atoms with E-state index >= 15 is 14.4 Å². The lowest BCUT2D eigenvalue weighted by Crippen LogP contribution is -2.61. The predicted octanol–water partition coefficient (Wildman–Crippen LogP) is -7.29. The summed E-state index contributed by atoms with van der Waals surface area (Å²) in [6.45, 7) is 4.58. The van der Waals surface area contributed by atoms with Crippen LogP contribution in [0.2, 0.25) is 0 Å². The van der Waals surface area contributed by atoms with Gasteiger partial charge in [-0.25, -0.2) is 9.78 Å². The summed E-state index contributed by atoms with van der Waals surface area (Å²) in [6.07, 6.45) is -0.774. The molecule has 0 aliphatic carbocycles. The molecule has 3 fully saturated rings. The number of imidazole rings is 1. The highest BCUT2D eigenvalue weighted by molar-refractivity contribution is 7.98. The molecule has 4 heterocycles. The number of likely N-dealkylation sites (tertiary alicyclic amines) is 3. The zero-order valence-electron chi connectivity index (χ0n) is 77.7. The lowest BCUT2D eigenvalue weighted by Gasteiger charge is -2.35. The fourth-order valence-electron chi connectivity index (χ4n) is 15.7. The summed E-state index contributed by atoms with van der Waals surface area (Å²) in [5.74, 6) is -23.5. The average Bonchev–Trinajstić information content (AvgIpc) is 1.63. The van der Waals surface area contributed by atoms with E-state index in [0.29, 0.717) is 22.4 Å². The van der Waals surface area contributed by atoms with E-state index < -0.39 is 291 Å². The number of primary amides is 4. The van der Waals surface area contributed by atoms with Gasteiger partial charge in [0, 0.05) is 63.6 Å². The molecule has 20 amide bonds. The van der Waals surface area contributed by atoms with Crippen molar-refractivity contribution in [2.75, 3.05) is 38.2 Å². The molecule has 4 aromatic rings. The Morgan fingerprint density at radius 3 is 1.29 bits per heavy atom. The van der Waals surface area contributed by atoms with E-state index in [4.69, 9.17) is 28.7 Å². The molecule has 29 N–H and O–H groups in total. The molecule has 140 heavy (non-hydrogen) atoms. The third-order valence-electron chi connectivity index (χ3n) is 23.0. The number of aliphatic carboxylic acids is 2. The summed E-state index contributed by atoms with van der Waals surface area (Å²) in [6, 6.07) is -8.01. The molecule has 1 aromatic heterocycles. The molecule has 0 radical (unpaired) electrons. The third kappa shape index (κ3) is 35.5. The number of amides is 20. The van der Waals surface area contributed by atoms with Crippen molar-refractivity contribution in [1.29, 1.82) is 0 Å². The molecule has 16 atom stereocenters. The number of carbonyl (C=O) groups is 22. The number of carboxylic acids is 2. The van der Waals surface area contributed by atoms with Gasteiger partial charge in [0.05, 0.1) is 38.2 Å². The first-order valence-electron chi connectivity index (χ1n) is 45.2. The van der Waals surface area contributed by atoms with Crippen molar-refractivity contribution < 1.29 is 131 Å². The van der Waals surface area contributed by atoms with Gasteiger partial charge in [-0.15, -0.1) is 0 Å². The standard InChI is InChI=1S/C89H123N23O27S/c1-44(2)33-58(105-82(131)60(36-49-16-22-53(115)23-17-49)106-78(127)55(24-26-68(91)116)101-79(128)56(28-32-140-5)100-76(125)54(90)34-47-12-18-51(113)19-13-47)81(130)109-64(39-71(94)119)86(135)111-30-7-10-66(111)88(137)112-31-8-11-67(112)87(136)110-29-6-9-65(110)85(134)108-59(35-48-14-20-52(114)21-15-48)80(129)99-46(4)75(124)104-63(40-73(121)122)84(133)107-61(37-50-41-95-43-97-50)77(126)96-42-72(120)98-45(3)74(123)103-62(38-70(93)118)83(132)102-57(89(138)139)25-27-69(92)117/h12-23,41,43-46,54-67,113-115H,6-11,24-40,42,90H2,1-5H3,(H2,91,116)(H2,92,117)(H2,93,118)(H2,94,119)(H,95,97)(H,96,126)(H,98,120)(H,99,129)(H,100,125)(H,101,128)(H,102,132)(H,103,123)(H,104,124)(H,105,131)(H,106,127)(H,107,133)(H,108,134)(H,109,130)(H,121,122)(H,138,139)/t45-,46-,54-,55-,56-,57-,58-,59-,60-,61-,62-,63-,64-,65-,66-,67-/m0/s1. The van der Waals surface area contributed by atoms with E-state index in [1.807, 2.05) is 0 Å². The Morgan fingerprint density at radius 2 is 0.800 bits per heavy atom. The van der Waals surface area contributed by atoms with Crippen molar-refractivity contribution in [3.63, 3.8) is 0 Å². The van der Waals surface area contributed by atoms with Gasteiger partial charge in [0.1, 0.15) is 108 Å². The Hall–Kier alpha value is -15.1. The Kier molecular flexibility index (Phi) is 43.3. The highest BCUT2D eigenvalue weighted by Crippen LogP contribution is 2.30. The van der Waals surface area contributed by atoms with Gasteiger partial charge < -0.3 is 143 Å². The number of phenols is 3. The summed E-state index contributed by atoms with van der Waals surface area (Å²) in [5.41, 5.74) is 29.4. The number of phenolic OH excluding ortho intramolecular Hbond substituents is 3. The smallest absolute Gasteiger partial charge is 0.326 e. The number of carbonyl (C=O) groups excluding carboxylic acids is 20. The van der Waals surface area contributed by atoms with Gasteiger partial charge in [-0.2, -0.15) is 11.8 Å².